The number of ether oxygens (including phenoxy) is 1. The lowest BCUT2D eigenvalue weighted by molar-refractivity contribution is -0.140. The van der Waals surface area contributed by atoms with Gasteiger partial charge in [0, 0.05) is 6.54 Å². The molecule has 4 nitrogen and oxygen atoms in total. The Balaban J connectivity index is 1.98. The molecule has 0 saturated carbocycles. The molecule has 0 radical (unpaired) electrons. The Morgan fingerprint density at radius 3 is 2.75 bits per heavy atom. The van der Waals surface area contributed by atoms with Gasteiger partial charge in [0.2, 0.25) is 5.91 Å². The van der Waals surface area contributed by atoms with Gasteiger partial charge in [-0.3, -0.25) is 4.79 Å². The van der Waals surface area contributed by atoms with Gasteiger partial charge in [0.15, 0.2) is 0 Å². The summed E-state index contributed by atoms with van der Waals surface area (Å²) in [7, 11) is 0. The van der Waals surface area contributed by atoms with Crippen molar-refractivity contribution < 1.29 is 9.53 Å². The Morgan fingerprint density at radius 2 is 2.10 bits per heavy atom. The summed E-state index contributed by atoms with van der Waals surface area (Å²) in [5, 5.41) is 0. The molecule has 1 saturated heterocycles. The number of nitrogens with zero attached hydrogens (tertiary/aromatic N) is 1. The van der Waals surface area contributed by atoms with Gasteiger partial charge in [0.05, 0.1) is 19.2 Å². The van der Waals surface area contributed by atoms with Crippen molar-refractivity contribution in [1.82, 2.24) is 4.90 Å². The Morgan fingerprint density at radius 1 is 1.40 bits per heavy atom. The second kappa shape index (κ2) is 6.86. The molecule has 2 N–H and O–H groups in total. The summed E-state index contributed by atoms with van der Waals surface area (Å²) >= 11 is 0. The van der Waals surface area contributed by atoms with Crippen LogP contribution in [0.4, 0.5) is 0 Å². The van der Waals surface area contributed by atoms with Gasteiger partial charge in [-0.1, -0.05) is 44.2 Å². The first kappa shape index (κ1) is 15.0. The van der Waals surface area contributed by atoms with Gasteiger partial charge in [-0.05, 0) is 17.9 Å². The summed E-state index contributed by atoms with van der Waals surface area (Å²) < 4.78 is 5.77. The number of hydrogen-bond donors (Lipinski definition) is 1. The average molecular weight is 276 g/mol. The molecule has 0 aromatic heterocycles. The largest absolute Gasteiger partial charge is 0.370 e. The van der Waals surface area contributed by atoms with Crippen LogP contribution in [0.3, 0.4) is 0 Å². The molecule has 1 aromatic carbocycles. The summed E-state index contributed by atoms with van der Waals surface area (Å²) in [5.41, 5.74) is 7.11. The maximum Gasteiger partial charge on any atom is 0.239 e. The highest BCUT2D eigenvalue weighted by Gasteiger charge is 2.28. The molecule has 0 spiro atoms. The van der Waals surface area contributed by atoms with Crippen LogP contribution in [0.5, 0.6) is 0 Å². The number of carbonyl (C=O) groups excluding carboxylic acids is 1. The lowest BCUT2D eigenvalue weighted by atomic mass is 10.0. The number of hydrogen-bond acceptors (Lipinski definition) is 3. The Kier molecular flexibility index (Phi) is 5.15. The van der Waals surface area contributed by atoms with Crippen molar-refractivity contribution in [3.8, 4) is 0 Å². The van der Waals surface area contributed by atoms with Crippen LogP contribution in [0.15, 0.2) is 30.3 Å². The van der Waals surface area contributed by atoms with Crippen LogP contribution < -0.4 is 5.73 Å². The number of carbonyl (C=O) groups is 1. The summed E-state index contributed by atoms with van der Waals surface area (Å²) in [5.74, 6) is 0.475. The second-order valence-electron chi connectivity index (χ2n) is 5.79. The van der Waals surface area contributed by atoms with Gasteiger partial charge in [-0.25, -0.2) is 0 Å². The van der Waals surface area contributed by atoms with E-state index in [9.17, 15) is 4.79 Å². The quantitative estimate of drug-likeness (QED) is 0.914. The van der Waals surface area contributed by atoms with Gasteiger partial charge < -0.3 is 15.4 Å². The van der Waals surface area contributed by atoms with Crippen LogP contribution in [0, 0.1) is 5.92 Å². The summed E-state index contributed by atoms with van der Waals surface area (Å²) in [6, 6.07) is 9.63. The van der Waals surface area contributed by atoms with Crippen LogP contribution in [0.2, 0.25) is 0 Å². The van der Waals surface area contributed by atoms with Crippen molar-refractivity contribution in [3.05, 3.63) is 35.9 Å². The molecular weight excluding hydrogens is 252 g/mol. The minimum atomic E-state index is -0.399. The van der Waals surface area contributed by atoms with Gasteiger partial charge in [0.25, 0.3) is 0 Å². The van der Waals surface area contributed by atoms with Crippen molar-refractivity contribution in [2.45, 2.75) is 32.4 Å². The Labute approximate surface area is 120 Å². The fourth-order valence-electron chi connectivity index (χ4n) is 2.56. The van der Waals surface area contributed by atoms with Gasteiger partial charge in [-0.2, -0.15) is 0 Å². The fourth-order valence-corrected chi connectivity index (χ4v) is 2.56. The molecule has 2 rings (SSSR count). The third-order valence-corrected chi connectivity index (χ3v) is 3.59. The SMILES string of the molecule is CC(C)C[C@@H](N)C(=O)N1CCOC(c2ccccc2)C1. The molecule has 0 bridgehead atoms. The van der Waals surface area contributed by atoms with E-state index in [0.29, 0.717) is 25.6 Å². The Hall–Kier alpha value is -1.39. The summed E-state index contributed by atoms with van der Waals surface area (Å²) in [6.45, 7) is 5.96. The lowest BCUT2D eigenvalue weighted by Gasteiger charge is -2.34. The zero-order chi connectivity index (χ0) is 14.5. The van der Waals surface area contributed by atoms with Gasteiger partial charge in [0.1, 0.15) is 6.10 Å². The predicted molar refractivity (Wildman–Crippen MR) is 79.1 cm³/mol. The van der Waals surface area contributed by atoms with Crippen LogP contribution in [-0.2, 0) is 9.53 Å². The molecule has 110 valence electrons. The number of rotatable bonds is 4. The van der Waals surface area contributed by atoms with E-state index < -0.39 is 6.04 Å². The smallest absolute Gasteiger partial charge is 0.239 e. The maximum absolute atomic E-state index is 12.4. The van der Waals surface area contributed by atoms with Crippen LogP contribution in [0.1, 0.15) is 31.9 Å². The average Bonchev–Trinajstić information content (AvgIpc) is 2.47. The third-order valence-electron chi connectivity index (χ3n) is 3.59. The number of morpholine rings is 1. The summed E-state index contributed by atoms with van der Waals surface area (Å²) in [6.07, 6.45) is 0.687. The highest BCUT2D eigenvalue weighted by atomic mass is 16.5. The molecule has 1 aliphatic rings. The van der Waals surface area contributed by atoms with E-state index in [1.165, 1.54) is 0 Å². The molecule has 2 atom stereocenters. The van der Waals surface area contributed by atoms with E-state index >= 15 is 0 Å². The minimum Gasteiger partial charge on any atom is -0.370 e. The van der Waals surface area contributed by atoms with Crippen molar-refractivity contribution >= 4 is 5.91 Å². The van der Waals surface area contributed by atoms with Crippen LogP contribution in [0.25, 0.3) is 0 Å². The van der Waals surface area contributed by atoms with E-state index in [2.05, 4.69) is 13.8 Å². The van der Waals surface area contributed by atoms with E-state index in [-0.39, 0.29) is 12.0 Å². The zero-order valence-corrected chi connectivity index (χ0v) is 12.3. The second-order valence-corrected chi connectivity index (χ2v) is 5.79. The van der Waals surface area contributed by atoms with E-state index in [1.807, 2.05) is 35.2 Å². The van der Waals surface area contributed by atoms with Gasteiger partial charge in [-0.15, -0.1) is 0 Å². The normalized spacial score (nSPS) is 21.0. The molecule has 1 aliphatic heterocycles. The van der Waals surface area contributed by atoms with E-state index in [0.717, 1.165) is 12.0 Å². The molecule has 1 aromatic rings. The zero-order valence-electron chi connectivity index (χ0n) is 12.3. The minimum absolute atomic E-state index is 0.0415. The van der Waals surface area contributed by atoms with E-state index in [4.69, 9.17) is 10.5 Å². The van der Waals surface area contributed by atoms with Crippen molar-refractivity contribution in [3.63, 3.8) is 0 Å². The Bertz CT molecular complexity index is 433. The first-order valence-corrected chi connectivity index (χ1v) is 7.29. The monoisotopic (exact) mass is 276 g/mol. The number of nitrogens with two attached hydrogens (primary N) is 1. The van der Waals surface area contributed by atoms with Crippen LogP contribution in [-0.4, -0.2) is 36.5 Å². The molecule has 1 unspecified atom stereocenters. The first-order chi connectivity index (χ1) is 9.58. The molecule has 4 heteroatoms. The highest BCUT2D eigenvalue weighted by Crippen LogP contribution is 2.22. The molecule has 1 heterocycles. The highest BCUT2D eigenvalue weighted by molar-refractivity contribution is 5.81. The molecule has 1 fully saturated rings. The van der Waals surface area contributed by atoms with Crippen LogP contribution >= 0.6 is 0 Å². The fraction of sp³-hybridized carbons (Fsp3) is 0.562. The third kappa shape index (κ3) is 3.81. The first-order valence-electron chi connectivity index (χ1n) is 7.29. The molecule has 20 heavy (non-hydrogen) atoms. The van der Waals surface area contributed by atoms with Crippen molar-refractivity contribution in [1.29, 1.82) is 0 Å². The van der Waals surface area contributed by atoms with Crippen molar-refractivity contribution in [2.75, 3.05) is 19.7 Å². The molecule has 0 aliphatic carbocycles. The summed E-state index contributed by atoms with van der Waals surface area (Å²) in [4.78, 5) is 14.2. The van der Waals surface area contributed by atoms with Gasteiger partial charge >= 0.3 is 0 Å². The van der Waals surface area contributed by atoms with E-state index in [1.54, 1.807) is 0 Å². The number of benzene rings is 1. The maximum atomic E-state index is 12.4. The predicted octanol–water partition coefficient (Wildman–Crippen LogP) is 1.96. The number of amides is 1. The lowest BCUT2D eigenvalue weighted by Crippen LogP contribution is -2.49. The molecule has 1 amide bonds. The topological polar surface area (TPSA) is 55.6 Å². The van der Waals surface area contributed by atoms with Crippen molar-refractivity contribution in [2.24, 2.45) is 11.7 Å². The standard InChI is InChI=1S/C16H24N2O2/c1-12(2)10-14(17)16(19)18-8-9-20-15(11-18)13-6-4-3-5-7-13/h3-7,12,14-15H,8-11,17H2,1-2H3/t14-,15?/m1/s1. The molecular formula is C16H24N2O2.